The lowest BCUT2D eigenvalue weighted by atomic mass is 10.2. The Morgan fingerprint density at radius 3 is 3.25 bits per heavy atom. The molecule has 1 fully saturated rings. The van der Waals surface area contributed by atoms with Crippen molar-refractivity contribution in [3.63, 3.8) is 0 Å². The first-order valence-electron chi connectivity index (χ1n) is 6.46. The molecule has 0 bridgehead atoms. The fraction of sp³-hybridized carbons (Fsp3) is 0.462. The van der Waals surface area contributed by atoms with Crippen molar-refractivity contribution < 1.29 is 9.13 Å². The van der Waals surface area contributed by atoms with Crippen molar-refractivity contribution in [3.8, 4) is 0 Å². The molecule has 0 saturated carbocycles. The van der Waals surface area contributed by atoms with Crippen LogP contribution in [0.4, 0.5) is 10.1 Å². The molecule has 2 aromatic heterocycles. The van der Waals surface area contributed by atoms with Crippen molar-refractivity contribution in [2.24, 2.45) is 0 Å². The van der Waals surface area contributed by atoms with Gasteiger partial charge in [0.2, 0.25) is 0 Å². The standard InChI is InChI=1S/C13H15FN4O2/c1-8-15-5-9-6-16-13(19)12(11(9)17-8)18-2-3-20-7-10(18)4-14/h5-6,10H,2-4,7H2,1H3,(H,16,19)/t10-/m0/s1. The molecule has 1 saturated heterocycles. The highest BCUT2D eigenvalue weighted by atomic mass is 19.1. The fourth-order valence-electron chi connectivity index (χ4n) is 2.44. The van der Waals surface area contributed by atoms with E-state index in [0.717, 1.165) is 5.39 Å². The predicted octanol–water partition coefficient (Wildman–Crippen LogP) is 0.801. The number of aromatic amines is 1. The summed E-state index contributed by atoms with van der Waals surface area (Å²) in [5.41, 5.74) is 0.691. The van der Waals surface area contributed by atoms with E-state index in [-0.39, 0.29) is 12.2 Å². The topological polar surface area (TPSA) is 71.1 Å². The minimum absolute atomic E-state index is 0.268. The zero-order valence-corrected chi connectivity index (χ0v) is 11.1. The molecule has 0 aliphatic carbocycles. The van der Waals surface area contributed by atoms with Gasteiger partial charge >= 0.3 is 0 Å². The van der Waals surface area contributed by atoms with Gasteiger partial charge in [-0.3, -0.25) is 4.79 Å². The van der Waals surface area contributed by atoms with Gasteiger partial charge in [0.25, 0.3) is 5.56 Å². The van der Waals surface area contributed by atoms with Crippen LogP contribution >= 0.6 is 0 Å². The largest absolute Gasteiger partial charge is 0.377 e. The number of hydrogen-bond donors (Lipinski definition) is 1. The van der Waals surface area contributed by atoms with Gasteiger partial charge in [-0.2, -0.15) is 0 Å². The summed E-state index contributed by atoms with van der Waals surface area (Å²) in [6, 6.07) is -0.453. The lowest BCUT2D eigenvalue weighted by Crippen LogP contribution is -2.49. The van der Waals surface area contributed by atoms with Crippen LogP contribution in [0.5, 0.6) is 0 Å². The van der Waals surface area contributed by atoms with Gasteiger partial charge in [-0.15, -0.1) is 0 Å². The third-order valence-electron chi connectivity index (χ3n) is 3.43. The first-order valence-corrected chi connectivity index (χ1v) is 6.46. The Labute approximate surface area is 114 Å². The van der Waals surface area contributed by atoms with Gasteiger partial charge in [-0.1, -0.05) is 0 Å². The van der Waals surface area contributed by atoms with Crippen molar-refractivity contribution >= 4 is 16.6 Å². The number of anilines is 1. The van der Waals surface area contributed by atoms with Crippen LogP contribution in [0, 0.1) is 6.92 Å². The summed E-state index contributed by atoms with van der Waals surface area (Å²) in [4.78, 5) is 25.1. The van der Waals surface area contributed by atoms with Crippen LogP contribution in [0.15, 0.2) is 17.2 Å². The van der Waals surface area contributed by atoms with E-state index in [9.17, 15) is 9.18 Å². The Morgan fingerprint density at radius 2 is 2.45 bits per heavy atom. The molecule has 3 rings (SSSR count). The monoisotopic (exact) mass is 278 g/mol. The minimum Gasteiger partial charge on any atom is -0.377 e. The number of ether oxygens (including phenoxy) is 1. The molecule has 1 aliphatic rings. The molecule has 0 radical (unpaired) electrons. The van der Waals surface area contributed by atoms with E-state index in [4.69, 9.17) is 4.74 Å². The van der Waals surface area contributed by atoms with Crippen LogP contribution in [-0.4, -0.2) is 47.4 Å². The summed E-state index contributed by atoms with van der Waals surface area (Å²) in [6.07, 6.45) is 3.23. The highest BCUT2D eigenvalue weighted by Crippen LogP contribution is 2.23. The van der Waals surface area contributed by atoms with Crippen molar-refractivity contribution in [1.29, 1.82) is 0 Å². The predicted molar refractivity (Wildman–Crippen MR) is 72.8 cm³/mol. The number of nitrogens with one attached hydrogen (secondary N) is 1. The van der Waals surface area contributed by atoms with Crippen LogP contribution in [0.1, 0.15) is 5.82 Å². The highest BCUT2D eigenvalue weighted by Gasteiger charge is 2.27. The Bertz CT molecular complexity index is 688. The molecule has 0 amide bonds. The van der Waals surface area contributed by atoms with Crippen molar-refractivity contribution in [2.75, 3.05) is 31.3 Å². The van der Waals surface area contributed by atoms with Crippen molar-refractivity contribution in [1.82, 2.24) is 15.0 Å². The number of pyridine rings is 1. The van der Waals surface area contributed by atoms with Gasteiger partial charge in [0.15, 0.2) is 0 Å². The molecule has 106 valence electrons. The average Bonchev–Trinajstić information content (AvgIpc) is 2.47. The minimum atomic E-state index is -0.570. The average molecular weight is 278 g/mol. The van der Waals surface area contributed by atoms with E-state index < -0.39 is 12.7 Å². The second kappa shape index (κ2) is 5.16. The Balaban J connectivity index is 2.20. The molecule has 0 aromatic carbocycles. The summed E-state index contributed by atoms with van der Waals surface area (Å²) >= 11 is 0. The van der Waals surface area contributed by atoms with Crippen LogP contribution in [-0.2, 0) is 4.74 Å². The number of nitrogens with zero attached hydrogens (tertiary/aromatic N) is 3. The maximum absolute atomic E-state index is 13.2. The van der Waals surface area contributed by atoms with E-state index in [2.05, 4.69) is 15.0 Å². The van der Waals surface area contributed by atoms with Crippen LogP contribution in [0.2, 0.25) is 0 Å². The molecule has 1 aliphatic heterocycles. The number of aromatic nitrogens is 3. The molecule has 6 nitrogen and oxygen atoms in total. The van der Waals surface area contributed by atoms with Crippen LogP contribution in [0.3, 0.4) is 0 Å². The number of aryl methyl sites for hydroxylation is 1. The second-order valence-electron chi connectivity index (χ2n) is 4.76. The van der Waals surface area contributed by atoms with Crippen LogP contribution < -0.4 is 10.5 Å². The lowest BCUT2D eigenvalue weighted by molar-refractivity contribution is 0.0860. The Morgan fingerprint density at radius 1 is 1.60 bits per heavy atom. The summed E-state index contributed by atoms with van der Waals surface area (Å²) in [5.74, 6) is 0.578. The third kappa shape index (κ3) is 2.14. The summed E-state index contributed by atoms with van der Waals surface area (Å²) in [6.45, 7) is 2.41. The molecule has 2 aromatic rings. The highest BCUT2D eigenvalue weighted by molar-refractivity contribution is 5.89. The molecule has 7 heteroatoms. The molecule has 20 heavy (non-hydrogen) atoms. The number of alkyl halides is 1. The second-order valence-corrected chi connectivity index (χ2v) is 4.76. The number of fused-ring (bicyclic) bond motifs is 1. The normalized spacial score (nSPS) is 19.5. The summed E-state index contributed by atoms with van der Waals surface area (Å²) < 4.78 is 18.4. The van der Waals surface area contributed by atoms with E-state index in [1.54, 1.807) is 24.2 Å². The van der Waals surface area contributed by atoms with Gasteiger partial charge in [0.05, 0.1) is 19.3 Å². The quantitative estimate of drug-likeness (QED) is 0.880. The molecular weight excluding hydrogens is 263 g/mol. The smallest absolute Gasteiger partial charge is 0.273 e. The summed E-state index contributed by atoms with van der Waals surface area (Å²) in [7, 11) is 0. The number of hydrogen-bond acceptors (Lipinski definition) is 5. The summed E-state index contributed by atoms with van der Waals surface area (Å²) in [5, 5.41) is 0.731. The van der Waals surface area contributed by atoms with E-state index in [0.29, 0.717) is 30.2 Å². The van der Waals surface area contributed by atoms with E-state index in [1.807, 2.05) is 0 Å². The fourth-order valence-corrected chi connectivity index (χ4v) is 2.44. The molecule has 1 N–H and O–H groups in total. The Hall–Kier alpha value is -2.02. The van der Waals surface area contributed by atoms with E-state index >= 15 is 0 Å². The van der Waals surface area contributed by atoms with Crippen LogP contribution in [0.25, 0.3) is 10.9 Å². The lowest BCUT2D eigenvalue weighted by Gasteiger charge is -2.35. The van der Waals surface area contributed by atoms with Crippen molar-refractivity contribution in [2.45, 2.75) is 13.0 Å². The molecule has 0 unspecified atom stereocenters. The van der Waals surface area contributed by atoms with Gasteiger partial charge < -0.3 is 14.6 Å². The number of halogens is 1. The maximum atomic E-state index is 13.2. The number of H-pyrrole nitrogens is 1. The molecule has 0 spiro atoms. The Kier molecular flexibility index (Phi) is 3.35. The van der Waals surface area contributed by atoms with Crippen molar-refractivity contribution in [3.05, 3.63) is 28.6 Å². The zero-order valence-electron chi connectivity index (χ0n) is 11.1. The number of morpholine rings is 1. The maximum Gasteiger partial charge on any atom is 0.273 e. The van der Waals surface area contributed by atoms with Gasteiger partial charge in [-0.25, -0.2) is 14.4 Å². The third-order valence-corrected chi connectivity index (χ3v) is 3.43. The van der Waals surface area contributed by atoms with E-state index in [1.165, 1.54) is 0 Å². The molecular formula is C13H15FN4O2. The SMILES string of the molecule is Cc1ncc2c[nH]c(=O)c(N3CCOC[C@@H]3CF)c2n1. The molecule has 3 heterocycles. The van der Waals surface area contributed by atoms with Gasteiger partial charge in [0.1, 0.15) is 23.7 Å². The van der Waals surface area contributed by atoms with Gasteiger partial charge in [-0.05, 0) is 6.92 Å². The number of rotatable bonds is 2. The first kappa shape index (κ1) is 13.0. The molecule has 1 atom stereocenters. The van der Waals surface area contributed by atoms with Gasteiger partial charge in [0, 0.05) is 24.3 Å². The first-order chi connectivity index (χ1) is 9.70. The zero-order chi connectivity index (χ0) is 14.1.